The number of phenols is 3. The monoisotopic (exact) mass is 432 g/mol. The van der Waals surface area contributed by atoms with Crippen LogP contribution in [-0.2, 0) is 4.74 Å². The number of fused-ring (bicyclic) bond motifs is 1. The van der Waals surface area contributed by atoms with E-state index in [-0.39, 0.29) is 28.0 Å². The number of rotatable bonds is 3. The van der Waals surface area contributed by atoms with Crippen molar-refractivity contribution >= 4 is 11.0 Å². The molecule has 10 nitrogen and oxygen atoms in total. The number of aliphatic hydroxyl groups excluding tert-OH is 4. The second-order valence-corrected chi connectivity index (χ2v) is 7.30. The van der Waals surface area contributed by atoms with Crippen LogP contribution in [0.2, 0.25) is 0 Å². The number of aromatic hydroxyl groups is 3. The van der Waals surface area contributed by atoms with Gasteiger partial charge >= 0.3 is 0 Å². The van der Waals surface area contributed by atoms with Crippen LogP contribution in [0.5, 0.6) is 17.2 Å². The van der Waals surface area contributed by atoms with Crippen LogP contribution in [0.15, 0.2) is 45.6 Å². The fourth-order valence-corrected chi connectivity index (χ4v) is 3.70. The summed E-state index contributed by atoms with van der Waals surface area (Å²) in [4.78, 5) is 12.7. The molecule has 1 aliphatic rings. The Bertz CT molecular complexity index is 1170. The quantitative estimate of drug-likeness (QED) is 0.300. The molecule has 1 fully saturated rings. The minimum atomic E-state index is -1.75. The van der Waals surface area contributed by atoms with Gasteiger partial charge in [-0.15, -0.1) is 0 Å². The minimum absolute atomic E-state index is 0.0100. The molecule has 5 atom stereocenters. The normalized spacial score (nSPS) is 26.3. The molecule has 31 heavy (non-hydrogen) atoms. The number of aliphatic hydroxyl groups is 4. The average Bonchev–Trinajstić information content (AvgIpc) is 2.73. The lowest BCUT2D eigenvalue weighted by atomic mass is 9.89. The molecule has 0 aliphatic carbocycles. The first kappa shape index (κ1) is 21.1. The fraction of sp³-hybridized carbons (Fsp3) is 0.286. The van der Waals surface area contributed by atoms with Crippen LogP contribution < -0.4 is 5.43 Å². The van der Waals surface area contributed by atoms with Crippen molar-refractivity contribution in [2.75, 3.05) is 6.61 Å². The van der Waals surface area contributed by atoms with Crippen molar-refractivity contribution in [3.05, 3.63) is 52.2 Å². The van der Waals surface area contributed by atoms with E-state index in [1.54, 1.807) is 0 Å². The predicted molar refractivity (Wildman–Crippen MR) is 106 cm³/mol. The largest absolute Gasteiger partial charge is 0.508 e. The summed E-state index contributed by atoms with van der Waals surface area (Å²) < 4.78 is 11.3. The van der Waals surface area contributed by atoms with Gasteiger partial charge < -0.3 is 44.9 Å². The van der Waals surface area contributed by atoms with E-state index in [1.807, 2.05) is 0 Å². The van der Waals surface area contributed by atoms with Crippen molar-refractivity contribution in [2.45, 2.75) is 30.5 Å². The van der Waals surface area contributed by atoms with Crippen molar-refractivity contribution in [1.82, 2.24) is 0 Å². The Balaban J connectivity index is 1.96. The number of hydrogen-bond donors (Lipinski definition) is 7. The molecule has 3 aromatic rings. The molecular weight excluding hydrogens is 412 g/mol. The Kier molecular flexibility index (Phi) is 5.33. The van der Waals surface area contributed by atoms with Crippen LogP contribution in [-0.4, -0.2) is 66.8 Å². The van der Waals surface area contributed by atoms with E-state index < -0.39 is 54.1 Å². The van der Waals surface area contributed by atoms with Crippen LogP contribution in [0, 0.1) is 0 Å². The van der Waals surface area contributed by atoms with E-state index >= 15 is 0 Å². The van der Waals surface area contributed by atoms with E-state index in [2.05, 4.69) is 0 Å². The lowest BCUT2D eigenvalue weighted by Crippen LogP contribution is -2.55. The maximum absolute atomic E-state index is 12.7. The summed E-state index contributed by atoms with van der Waals surface area (Å²) in [6.07, 6.45) is -7.87. The lowest BCUT2D eigenvalue weighted by molar-refractivity contribution is -0.231. The zero-order chi connectivity index (χ0) is 22.4. The smallest absolute Gasteiger partial charge is 0.197 e. The summed E-state index contributed by atoms with van der Waals surface area (Å²) in [6, 6.07) is 7.69. The maximum Gasteiger partial charge on any atom is 0.197 e. The highest BCUT2D eigenvalue weighted by Crippen LogP contribution is 2.43. The third-order valence-corrected chi connectivity index (χ3v) is 5.33. The molecule has 2 aromatic carbocycles. The van der Waals surface area contributed by atoms with Crippen molar-refractivity contribution in [3.63, 3.8) is 0 Å². The van der Waals surface area contributed by atoms with Gasteiger partial charge in [-0.25, -0.2) is 0 Å². The van der Waals surface area contributed by atoms with Gasteiger partial charge in [0.15, 0.2) is 11.0 Å². The van der Waals surface area contributed by atoms with Gasteiger partial charge in [0, 0.05) is 17.7 Å². The molecule has 4 rings (SSSR count). The molecule has 164 valence electrons. The van der Waals surface area contributed by atoms with E-state index in [9.17, 15) is 40.5 Å². The first-order chi connectivity index (χ1) is 14.7. The van der Waals surface area contributed by atoms with Crippen LogP contribution in [0.1, 0.15) is 11.7 Å². The van der Waals surface area contributed by atoms with Gasteiger partial charge in [0.2, 0.25) is 0 Å². The molecule has 0 saturated carbocycles. The number of phenolic OH excluding ortho intramolecular Hbond substituents is 3. The third-order valence-electron chi connectivity index (χ3n) is 5.33. The topological polar surface area (TPSA) is 181 Å². The first-order valence-electron chi connectivity index (χ1n) is 9.35. The van der Waals surface area contributed by atoms with Crippen molar-refractivity contribution < 1.29 is 44.9 Å². The zero-order valence-electron chi connectivity index (χ0n) is 15.9. The summed E-state index contributed by atoms with van der Waals surface area (Å²) in [7, 11) is 0. The molecule has 7 N–H and O–H groups in total. The summed E-state index contributed by atoms with van der Waals surface area (Å²) in [5.74, 6) is -1.15. The summed E-state index contributed by atoms with van der Waals surface area (Å²) >= 11 is 0. The van der Waals surface area contributed by atoms with E-state index in [1.165, 1.54) is 24.3 Å². The zero-order valence-corrected chi connectivity index (χ0v) is 15.9. The fourth-order valence-electron chi connectivity index (χ4n) is 3.70. The van der Waals surface area contributed by atoms with Gasteiger partial charge in [-0.3, -0.25) is 4.79 Å². The SMILES string of the molecule is O=c1cc(-c2ccc(O)cc2)oc2c([C@@H]3O[C@H](CO)[C@@H](O)[C@@H](O)[C@H]3O)c(O)cc(O)c12. The Hall–Kier alpha value is -3.15. The Morgan fingerprint density at radius 3 is 2.19 bits per heavy atom. The van der Waals surface area contributed by atoms with E-state index in [4.69, 9.17) is 9.15 Å². The van der Waals surface area contributed by atoms with Gasteiger partial charge in [-0.1, -0.05) is 0 Å². The number of benzene rings is 2. The Morgan fingerprint density at radius 1 is 0.871 bits per heavy atom. The summed E-state index contributed by atoms with van der Waals surface area (Å²) in [6.45, 7) is -0.694. The highest BCUT2D eigenvalue weighted by molar-refractivity contribution is 5.89. The molecule has 0 bridgehead atoms. The summed E-state index contributed by atoms with van der Waals surface area (Å²) in [5.41, 5.74) is -0.813. The van der Waals surface area contributed by atoms with Crippen LogP contribution in [0.4, 0.5) is 0 Å². The highest BCUT2D eigenvalue weighted by atomic mass is 16.5. The molecule has 0 unspecified atom stereocenters. The second kappa shape index (κ2) is 7.84. The van der Waals surface area contributed by atoms with Crippen molar-refractivity contribution in [1.29, 1.82) is 0 Å². The van der Waals surface area contributed by atoms with Gasteiger partial charge in [-0.05, 0) is 24.3 Å². The van der Waals surface area contributed by atoms with Gasteiger partial charge in [0.25, 0.3) is 0 Å². The van der Waals surface area contributed by atoms with Crippen LogP contribution in [0.3, 0.4) is 0 Å². The third kappa shape index (κ3) is 3.50. The molecule has 1 aliphatic heterocycles. The second-order valence-electron chi connectivity index (χ2n) is 7.30. The Labute approximate surface area is 174 Å². The molecule has 0 amide bonds. The molecule has 2 heterocycles. The Morgan fingerprint density at radius 2 is 1.55 bits per heavy atom. The number of hydrogen-bond acceptors (Lipinski definition) is 10. The van der Waals surface area contributed by atoms with E-state index in [0.29, 0.717) is 5.56 Å². The summed E-state index contributed by atoms with van der Waals surface area (Å²) in [5, 5.41) is 70.0. The molecule has 0 spiro atoms. The van der Waals surface area contributed by atoms with Crippen LogP contribution >= 0.6 is 0 Å². The predicted octanol–water partition coefficient (Wildman–Crippen LogP) is 0.0917. The van der Waals surface area contributed by atoms with E-state index in [0.717, 1.165) is 12.1 Å². The minimum Gasteiger partial charge on any atom is -0.508 e. The molecule has 1 aromatic heterocycles. The van der Waals surface area contributed by atoms with Gasteiger partial charge in [0.1, 0.15) is 58.9 Å². The van der Waals surface area contributed by atoms with Gasteiger partial charge in [-0.2, -0.15) is 0 Å². The lowest BCUT2D eigenvalue weighted by Gasteiger charge is -2.40. The molecule has 10 heteroatoms. The number of ether oxygens (including phenoxy) is 1. The molecular formula is C21H20O10. The van der Waals surface area contributed by atoms with Crippen molar-refractivity contribution in [3.8, 4) is 28.6 Å². The molecule has 1 saturated heterocycles. The highest BCUT2D eigenvalue weighted by Gasteiger charge is 2.46. The molecule has 0 radical (unpaired) electrons. The average molecular weight is 432 g/mol. The standard InChI is InChI=1S/C21H20O10/c22-7-14-17(27)18(28)19(29)21(31-14)16-11(25)5-10(24)15-12(26)6-13(30-20(15)16)8-1-3-9(23)4-2-8/h1-6,14,17-19,21-25,27-29H,7H2/t14-,17-,18-,19-,21+/m1/s1. The van der Waals surface area contributed by atoms with Crippen LogP contribution in [0.25, 0.3) is 22.3 Å². The maximum atomic E-state index is 12.7. The first-order valence-corrected chi connectivity index (χ1v) is 9.35. The van der Waals surface area contributed by atoms with Gasteiger partial charge in [0.05, 0.1) is 12.2 Å². The van der Waals surface area contributed by atoms with Crippen molar-refractivity contribution in [2.24, 2.45) is 0 Å².